The van der Waals surface area contributed by atoms with E-state index < -0.39 is 9.73 Å². The van der Waals surface area contributed by atoms with E-state index in [1.807, 2.05) is 0 Å². The Labute approximate surface area is 171 Å². The molecule has 1 aliphatic carbocycles. The van der Waals surface area contributed by atoms with Gasteiger partial charge in [0, 0.05) is 40.4 Å². The summed E-state index contributed by atoms with van der Waals surface area (Å²) < 4.78 is 31.0. The number of hydrogen-bond acceptors (Lipinski definition) is 6. The van der Waals surface area contributed by atoms with Crippen molar-refractivity contribution in [3.05, 3.63) is 63.7 Å². The van der Waals surface area contributed by atoms with Gasteiger partial charge >= 0.3 is 0 Å². The molecule has 1 fully saturated rings. The molecule has 156 valence electrons. The molecule has 0 amide bonds. The van der Waals surface area contributed by atoms with E-state index in [4.69, 9.17) is 13.9 Å². The van der Waals surface area contributed by atoms with Crippen LogP contribution in [-0.2, 0) is 29.4 Å². The van der Waals surface area contributed by atoms with Crippen molar-refractivity contribution in [3.8, 4) is 5.75 Å². The Bertz CT molecular complexity index is 998. The summed E-state index contributed by atoms with van der Waals surface area (Å²) in [7, 11) is -2.47. The van der Waals surface area contributed by atoms with E-state index in [0.717, 1.165) is 38.8 Å². The molecule has 1 aromatic carbocycles. The van der Waals surface area contributed by atoms with Gasteiger partial charge in [-0.05, 0) is 42.7 Å². The normalized spacial score (nSPS) is 24.0. The molecule has 1 saturated carbocycles. The standard InChI is InChI=1S/C22H28N2O4S/c1-29(23,26)20-8-6-16(7-9-20)14-28-22-15-27-19(10-21(22)25)13-24-11-17-4-2-3-5-18(17)12-24/h2-5,10,15-16,20,23H,6-9,11-14H2,1H3. The van der Waals surface area contributed by atoms with Crippen LogP contribution in [-0.4, -0.2) is 27.2 Å². The first kappa shape index (κ1) is 20.2. The quantitative estimate of drug-likeness (QED) is 0.775. The molecule has 7 heteroatoms. The molecule has 29 heavy (non-hydrogen) atoms. The minimum absolute atomic E-state index is 0.0140. The highest BCUT2D eigenvalue weighted by atomic mass is 32.2. The molecule has 2 aromatic rings. The first-order valence-electron chi connectivity index (χ1n) is 10.1. The number of hydrogen-bond donors (Lipinski definition) is 1. The van der Waals surface area contributed by atoms with Gasteiger partial charge in [-0.2, -0.15) is 0 Å². The fourth-order valence-electron chi connectivity index (χ4n) is 4.32. The number of nitrogens with one attached hydrogen (secondary N) is 1. The summed E-state index contributed by atoms with van der Waals surface area (Å²) in [4.78, 5) is 14.7. The predicted octanol–water partition coefficient (Wildman–Crippen LogP) is 3.77. The van der Waals surface area contributed by atoms with Crippen molar-refractivity contribution in [1.29, 1.82) is 4.78 Å². The smallest absolute Gasteiger partial charge is 0.227 e. The van der Waals surface area contributed by atoms with Crippen molar-refractivity contribution in [1.82, 2.24) is 4.90 Å². The van der Waals surface area contributed by atoms with E-state index in [1.165, 1.54) is 29.7 Å². The molecule has 0 radical (unpaired) electrons. The Kier molecular flexibility index (Phi) is 5.79. The molecule has 1 atom stereocenters. The molecule has 0 spiro atoms. The summed E-state index contributed by atoms with van der Waals surface area (Å²) in [6.07, 6.45) is 6.30. The molecule has 2 aliphatic rings. The van der Waals surface area contributed by atoms with Crippen LogP contribution in [0.1, 0.15) is 42.6 Å². The van der Waals surface area contributed by atoms with Crippen molar-refractivity contribution < 1.29 is 13.4 Å². The highest BCUT2D eigenvalue weighted by Crippen LogP contribution is 2.29. The fourth-order valence-corrected chi connectivity index (χ4v) is 5.49. The molecular weight excluding hydrogens is 388 g/mol. The monoisotopic (exact) mass is 416 g/mol. The molecule has 1 unspecified atom stereocenters. The maximum atomic E-state index is 12.4. The lowest BCUT2D eigenvalue weighted by molar-refractivity contribution is 0.201. The lowest BCUT2D eigenvalue weighted by Gasteiger charge is -2.28. The summed E-state index contributed by atoms with van der Waals surface area (Å²) in [5.74, 6) is 1.22. The van der Waals surface area contributed by atoms with E-state index in [2.05, 4.69) is 29.2 Å². The minimum atomic E-state index is -2.47. The summed E-state index contributed by atoms with van der Waals surface area (Å²) in [6, 6.07) is 9.90. The maximum absolute atomic E-state index is 12.4. The second-order valence-electron chi connectivity index (χ2n) is 8.35. The molecule has 0 saturated heterocycles. The molecule has 1 aliphatic heterocycles. The van der Waals surface area contributed by atoms with Crippen LogP contribution in [0, 0.1) is 10.7 Å². The van der Waals surface area contributed by atoms with Crippen molar-refractivity contribution in [3.63, 3.8) is 0 Å². The van der Waals surface area contributed by atoms with Gasteiger partial charge in [0.25, 0.3) is 0 Å². The maximum Gasteiger partial charge on any atom is 0.227 e. The highest BCUT2D eigenvalue weighted by Gasteiger charge is 2.26. The van der Waals surface area contributed by atoms with Crippen LogP contribution in [0.2, 0.25) is 0 Å². The second-order valence-corrected chi connectivity index (χ2v) is 10.8. The Morgan fingerprint density at radius 2 is 1.83 bits per heavy atom. The second kappa shape index (κ2) is 8.32. The molecule has 1 N–H and O–H groups in total. The van der Waals surface area contributed by atoms with Gasteiger partial charge in [-0.3, -0.25) is 14.5 Å². The zero-order valence-corrected chi connectivity index (χ0v) is 17.6. The van der Waals surface area contributed by atoms with Gasteiger partial charge in [-0.1, -0.05) is 24.3 Å². The van der Waals surface area contributed by atoms with Gasteiger partial charge in [-0.15, -0.1) is 0 Å². The van der Waals surface area contributed by atoms with Crippen molar-refractivity contribution >= 4 is 9.73 Å². The molecule has 2 heterocycles. The van der Waals surface area contributed by atoms with Crippen LogP contribution in [0.4, 0.5) is 0 Å². The number of nitrogens with zero attached hydrogens (tertiary/aromatic N) is 1. The van der Waals surface area contributed by atoms with Gasteiger partial charge < -0.3 is 9.15 Å². The summed E-state index contributed by atoms with van der Waals surface area (Å²) in [6.45, 7) is 2.78. The van der Waals surface area contributed by atoms with E-state index in [9.17, 15) is 9.00 Å². The zero-order chi connectivity index (χ0) is 20.4. The zero-order valence-electron chi connectivity index (χ0n) is 16.8. The Morgan fingerprint density at radius 1 is 1.17 bits per heavy atom. The average molecular weight is 417 g/mol. The first-order chi connectivity index (χ1) is 13.9. The Balaban J connectivity index is 1.29. The van der Waals surface area contributed by atoms with Gasteiger partial charge in [0.2, 0.25) is 11.2 Å². The molecule has 4 rings (SSSR count). The van der Waals surface area contributed by atoms with Gasteiger partial charge in [0.15, 0.2) is 0 Å². The number of rotatable bonds is 6. The lowest BCUT2D eigenvalue weighted by atomic mass is 9.89. The summed E-state index contributed by atoms with van der Waals surface area (Å²) in [5, 5.41) is -0.0140. The third kappa shape index (κ3) is 4.90. The van der Waals surface area contributed by atoms with Crippen LogP contribution in [0.3, 0.4) is 0 Å². The first-order valence-corrected chi connectivity index (χ1v) is 12.2. The molecule has 6 nitrogen and oxygen atoms in total. The SMILES string of the molecule is CS(=N)(=O)C1CCC(COc2coc(CN3Cc4ccccc4C3)cc2=O)CC1. The van der Waals surface area contributed by atoms with E-state index in [-0.39, 0.29) is 16.4 Å². The van der Waals surface area contributed by atoms with Crippen molar-refractivity contribution in [2.75, 3.05) is 12.9 Å². The number of fused-ring (bicyclic) bond motifs is 1. The van der Waals surface area contributed by atoms with Crippen molar-refractivity contribution in [2.45, 2.75) is 50.6 Å². The number of ether oxygens (including phenoxy) is 1. The van der Waals surface area contributed by atoms with E-state index >= 15 is 0 Å². The molecule has 1 aromatic heterocycles. The fraction of sp³-hybridized carbons (Fsp3) is 0.500. The van der Waals surface area contributed by atoms with Crippen molar-refractivity contribution in [2.24, 2.45) is 5.92 Å². The minimum Gasteiger partial charge on any atom is -0.486 e. The predicted molar refractivity (Wildman–Crippen MR) is 112 cm³/mol. The van der Waals surface area contributed by atoms with Crippen LogP contribution >= 0.6 is 0 Å². The molecule has 0 bridgehead atoms. The van der Waals surface area contributed by atoms with E-state index in [1.54, 1.807) is 0 Å². The molecular formula is C22H28N2O4S. The average Bonchev–Trinajstić information content (AvgIpc) is 3.09. The third-order valence-electron chi connectivity index (χ3n) is 6.04. The van der Waals surface area contributed by atoms with Gasteiger partial charge in [0.1, 0.15) is 12.0 Å². The Hall–Kier alpha value is -2.12. The summed E-state index contributed by atoms with van der Waals surface area (Å²) in [5.41, 5.74) is 2.50. The topological polar surface area (TPSA) is 83.6 Å². The summed E-state index contributed by atoms with van der Waals surface area (Å²) >= 11 is 0. The van der Waals surface area contributed by atoms with Crippen LogP contribution in [0.15, 0.2) is 45.8 Å². The van der Waals surface area contributed by atoms with Crippen LogP contribution in [0.25, 0.3) is 0 Å². The number of benzene rings is 1. The van der Waals surface area contributed by atoms with Gasteiger partial charge in [-0.25, -0.2) is 4.21 Å². The van der Waals surface area contributed by atoms with Crippen LogP contribution in [0.5, 0.6) is 5.75 Å². The van der Waals surface area contributed by atoms with E-state index in [0.29, 0.717) is 24.8 Å². The van der Waals surface area contributed by atoms with Crippen LogP contribution < -0.4 is 10.2 Å². The third-order valence-corrected chi connectivity index (χ3v) is 7.79. The Morgan fingerprint density at radius 3 is 2.41 bits per heavy atom. The van der Waals surface area contributed by atoms with Gasteiger partial charge in [0.05, 0.1) is 13.2 Å². The highest BCUT2D eigenvalue weighted by molar-refractivity contribution is 7.92. The lowest BCUT2D eigenvalue weighted by Crippen LogP contribution is -2.28. The largest absolute Gasteiger partial charge is 0.486 e.